The summed E-state index contributed by atoms with van der Waals surface area (Å²) in [6.45, 7) is 5.84. The molecular weight excluding hydrogens is 143 g/mol. The van der Waals surface area contributed by atoms with Gasteiger partial charge in [0.2, 0.25) is 5.95 Å². The van der Waals surface area contributed by atoms with E-state index in [4.69, 9.17) is 0 Å². The first-order valence-electron chi connectivity index (χ1n) is 3.80. The number of hydrogen-bond donors (Lipinski definition) is 0. The molecule has 62 valence electrons. The summed E-state index contributed by atoms with van der Waals surface area (Å²) in [6, 6.07) is 0. The van der Waals surface area contributed by atoms with E-state index < -0.39 is 5.95 Å². The largest absolute Gasteiger partial charge is 0.255 e. The Morgan fingerprint density at radius 1 is 1.27 bits per heavy atom. The second kappa shape index (κ2) is 5.77. The average molecular weight is 156 g/mol. The van der Waals surface area contributed by atoms with Gasteiger partial charge in [0.25, 0.3) is 0 Å². The van der Waals surface area contributed by atoms with Crippen LogP contribution < -0.4 is 0 Å². The monoisotopic (exact) mass is 156 g/mol. The lowest BCUT2D eigenvalue weighted by Gasteiger charge is -1.92. The van der Waals surface area contributed by atoms with Crippen molar-refractivity contribution in [2.45, 2.75) is 27.2 Å². The normalized spacial score (nSPS) is 8.36. The van der Waals surface area contributed by atoms with Crippen LogP contribution in [0, 0.1) is 5.95 Å². The summed E-state index contributed by atoms with van der Waals surface area (Å²) in [4.78, 5) is 7.18. The molecule has 1 rings (SSSR count). The molecule has 0 aliphatic heterocycles. The minimum Gasteiger partial charge on any atom is -0.255 e. The highest BCUT2D eigenvalue weighted by molar-refractivity contribution is 4.96. The standard InChI is InChI=1S/C6H7FN2.C2H6/c1-2-5-6(7)9-4-3-8-5;1-2/h3-4H,2H2,1H3;1-2H3. The smallest absolute Gasteiger partial charge is 0.234 e. The van der Waals surface area contributed by atoms with E-state index in [2.05, 4.69) is 9.97 Å². The molecule has 0 unspecified atom stereocenters. The molecule has 0 aliphatic carbocycles. The fourth-order valence-electron chi connectivity index (χ4n) is 0.587. The van der Waals surface area contributed by atoms with E-state index >= 15 is 0 Å². The van der Waals surface area contributed by atoms with Gasteiger partial charge in [0.05, 0.1) is 5.69 Å². The number of aryl methyl sites for hydroxylation is 1. The molecule has 2 nitrogen and oxygen atoms in total. The van der Waals surface area contributed by atoms with Crippen LogP contribution in [0.25, 0.3) is 0 Å². The summed E-state index contributed by atoms with van der Waals surface area (Å²) in [6.07, 6.45) is 3.43. The summed E-state index contributed by atoms with van der Waals surface area (Å²) in [5.41, 5.74) is 0.428. The molecule has 0 fully saturated rings. The van der Waals surface area contributed by atoms with E-state index in [1.54, 1.807) is 0 Å². The quantitative estimate of drug-likeness (QED) is 0.623. The summed E-state index contributed by atoms with van der Waals surface area (Å²) >= 11 is 0. The van der Waals surface area contributed by atoms with Crippen molar-refractivity contribution in [3.8, 4) is 0 Å². The van der Waals surface area contributed by atoms with E-state index in [1.165, 1.54) is 12.4 Å². The van der Waals surface area contributed by atoms with Crippen molar-refractivity contribution in [1.29, 1.82) is 0 Å². The van der Waals surface area contributed by atoms with Crippen molar-refractivity contribution in [3.05, 3.63) is 24.0 Å². The van der Waals surface area contributed by atoms with Crippen LogP contribution in [-0.2, 0) is 6.42 Å². The molecule has 0 saturated carbocycles. The van der Waals surface area contributed by atoms with Crippen LogP contribution in [0.5, 0.6) is 0 Å². The Kier molecular flexibility index (Phi) is 5.25. The SMILES string of the molecule is CC.CCc1nccnc1F. The van der Waals surface area contributed by atoms with Gasteiger partial charge >= 0.3 is 0 Å². The highest BCUT2D eigenvalue weighted by Gasteiger charge is 1.97. The first-order chi connectivity index (χ1) is 5.34. The number of rotatable bonds is 1. The van der Waals surface area contributed by atoms with Crippen molar-refractivity contribution in [3.63, 3.8) is 0 Å². The Balaban J connectivity index is 0.000000461. The molecular formula is C8H13FN2. The Hall–Kier alpha value is -0.990. The lowest BCUT2D eigenvalue weighted by molar-refractivity contribution is 0.557. The van der Waals surface area contributed by atoms with Crippen molar-refractivity contribution in [1.82, 2.24) is 9.97 Å². The molecule has 0 aliphatic rings. The third-order valence-corrected chi connectivity index (χ3v) is 1.06. The van der Waals surface area contributed by atoms with E-state index in [0.717, 1.165) is 0 Å². The van der Waals surface area contributed by atoms with Crippen LogP contribution >= 0.6 is 0 Å². The van der Waals surface area contributed by atoms with Crippen molar-refractivity contribution in [2.24, 2.45) is 0 Å². The Bertz CT molecular complexity index is 201. The lowest BCUT2D eigenvalue weighted by Crippen LogP contribution is -1.93. The zero-order valence-electron chi connectivity index (χ0n) is 7.13. The maximum Gasteiger partial charge on any atom is 0.234 e. The second-order valence-corrected chi connectivity index (χ2v) is 1.65. The molecule has 0 saturated heterocycles. The van der Waals surface area contributed by atoms with Gasteiger partial charge in [0, 0.05) is 12.4 Å². The van der Waals surface area contributed by atoms with Gasteiger partial charge in [-0.15, -0.1) is 0 Å². The number of hydrogen-bond acceptors (Lipinski definition) is 2. The fourth-order valence-corrected chi connectivity index (χ4v) is 0.587. The minimum atomic E-state index is -0.458. The highest BCUT2D eigenvalue weighted by Crippen LogP contribution is 1.97. The summed E-state index contributed by atoms with van der Waals surface area (Å²) in [7, 11) is 0. The van der Waals surface area contributed by atoms with Gasteiger partial charge < -0.3 is 0 Å². The molecule has 0 aromatic carbocycles. The lowest BCUT2D eigenvalue weighted by atomic mass is 10.3. The molecule has 1 aromatic rings. The van der Waals surface area contributed by atoms with Crippen molar-refractivity contribution < 1.29 is 4.39 Å². The average Bonchev–Trinajstić information content (AvgIpc) is 2.09. The van der Waals surface area contributed by atoms with Gasteiger partial charge in [-0.2, -0.15) is 4.39 Å². The zero-order chi connectivity index (χ0) is 8.69. The van der Waals surface area contributed by atoms with E-state index in [-0.39, 0.29) is 0 Å². The predicted octanol–water partition coefficient (Wildman–Crippen LogP) is 2.20. The third kappa shape index (κ3) is 3.07. The molecule has 1 heterocycles. The first-order valence-corrected chi connectivity index (χ1v) is 3.80. The maximum atomic E-state index is 12.4. The Morgan fingerprint density at radius 2 is 1.82 bits per heavy atom. The van der Waals surface area contributed by atoms with Gasteiger partial charge in [-0.1, -0.05) is 20.8 Å². The molecule has 0 N–H and O–H groups in total. The van der Waals surface area contributed by atoms with E-state index in [1.807, 2.05) is 20.8 Å². The van der Waals surface area contributed by atoms with Gasteiger partial charge in [-0.3, -0.25) is 4.98 Å². The fraction of sp³-hybridized carbons (Fsp3) is 0.500. The maximum absolute atomic E-state index is 12.4. The topological polar surface area (TPSA) is 25.8 Å². The second-order valence-electron chi connectivity index (χ2n) is 1.65. The molecule has 0 radical (unpaired) electrons. The van der Waals surface area contributed by atoms with E-state index in [9.17, 15) is 4.39 Å². The highest BCUT2D eigenvalue weighted by atomic mass is 19.1. The van der Waals surface area contributed by atoms with Crippen LogP contribution in [-0.4, -0.2) is 9.97 Å². The zero-order valence-corrected chi connectivity index (χ0v) is 7.13. The van der Waals surface area contributed by atoms with Gasteiger partial charge in [-0.25, -0.2) is 4.98 Å². The van der Waals surface area contributed by atoms with Crippen LogP contribution in [0.1, 0.15) is 26.5 Å². The Labute approximate surface area is 66.5 Å². The Morgan fingerprint density at radius 3 is 2.18 bits per heavy atom. The van der Waals surface area contributed by atoms with Crippen LogP contribution in [0.15, 0.2) is 12.4 Å². The number of halogens is 1. The van der Waals surface area contributed by atoms with Crippen LogP contribution in [0.4, 0.5) is 4.39 Å². The number of aromatic nitrogens is 2. The van der Waals surface area contributed by atoms with Crippen LogP contribution in [0.3, 0.4) is 0 Å². The molecule has 0 bridgehead atoms. The van der Waals surface area contributed by atoms with Gasteiger partial charge in [-0.05, 0) is 6.42 Å². The van der Waals surface area contributed by atoms with Crippen molar-refractivity contribution in [2.75, 3.05) is 0 Å². The summed E-state index contributed by atoms with van der Waals surface area (Å²) in [5, 5.41) is 0. The summed E-state index contributed by atoms with van der Waals surface area (Å²) < 4.78 is 12.4. The third-order valence-electron chi connectivity index (χ3n) is 1.06. The summed E-state index contributed by atoms with van der Waals surface area (Å²) in [5.74, 6) is -0.458. The molecule has 1 aromatic heterocycles. The minimum absolute atomic E-state index is 0.428. The van der Waals surface area contributed by atoms with Gasteiger partial charge in [0.15, 0.2) is 0 Å². The molecule has 0 atom stereocenters. The molecule has 0 spiro atoms. The molecule has 11 heavy (non-hydrogen) atoms. The predicted molar refractivity (Wildman–Crippen MR) is 42.7 cm³/mol. The molecule has 0 amide bonds. The van der Waals surface area contributed by atoms with Crippen LogP contribution in [0.2, 0.25) is 0 Å². The first kappa shape index (κ1) is 10.0. The van der Waals surface area contributed by atoms with E-state index in [0.29, 0.717) is 12.1 Å². The number of nitrogens with zero attached hydrogens (tertiary/aromatic N) is 2. The molecule has 3 heteroatoms. The van der Waals surface area contributed by atoms with Gasteiger partial charge in [0.1, 0.15) is 0 Å². The van der Waals surface area contributed by atoms with Crippen molar-refractivity contribution >= 4 is 0 Å².